The van der Waals surface area contributed by atoms with E-state index in [0.29, 0.717) is 35.7 Å². The van der Waals surface area contributed by atoms with Crippen molar-refractivity contribution in [2.24, 2.45) is 0 Å². The summed E-state index contributed by atoms with van der Waals surface area (Å²) < 4.78 is 66.8. The number of sulfonamides is 1. The first-order chi connectivity index (χ1) is 18.5. The lowest BCUT2D eigenvalue weighted by Gasteiger charge is -2.30. The van der Waals surface area contributed by atoms with Crippen molar-refractivity contribution in [3.8, 4) is 5.69 Å². The number of alkyl halides is 3. The number of nitrogens with zero attached hydrogens (tertiary/aromatic N) is 6. The Morgan fingerprint density at radius 3 is 2.56 bits per heavy atom. The average molecular weight is 562 g/mol. The molecule has 1 N–H and O–H groups in total. The van der Waals surface area contributed by atoms with E-state index in [1.54, 1.807) is 29.2 Å². The lowest BCUT2D eigenvalue weighted by Crippen LogP contribution is -2.40. The first-order valence-electron chi connectivity index (χ1n) is 12.3. The molecule has 0 spiro atoms. The van der Waals surface area contributed by atoms with Crippen LogP contribution in [0.5, 0.6) is 0 Å². The number of piperidine rings is 1. The summed E-state index contributed by atoms with van der Waals surface area (Å²) in [7, 11) is -4.01. The number of carbonyl (C=O) groups excluding carboxylic acids is 1. The van der Waals surface area contributed by atoms with Crippen molar-refractivity contribution in [2.45, 2.75) is 38.3 Å². The van der Waals surface area contributed by atoms with Gasteiger partial charge in [0.25, 0.3) is 5.91 Å². The van der Waals surface area contributed by atoms with Crippen LogP contribution in [0.25, 0.3) is 11.3 Å². The molecule has 0 atom stereocenters. The van der Waals surface area contributed by atoms with Gasteiger partial charge in [-0.1, -0.05) is 17.7 Å². The van der Waals surface area contributed by atoms with Crippen LogP contribution in [0.15, 0.2) is 55.0 Å². The summed E-state index contributed by atoms with van der Waals surface area (Å²) in [6.07, 6.45) is -0.444. The molecule has 10 nitrogen and oxygen atoms in total. The molecule has 14 heteroatoms. The molecule has 0 aliphatic carbocycles. The van der Waals surface area contributed by atoms with Crippen molar-refractivity contribution in [1.82, 2.24) is 28.7 Å². The zero-order valence-corrected chi connectivity index (χ0v) is 21.8. The highest BCUT2D eigenvalue weighted by molar-refractivity contribution is 7.89. The van der Waals surface area contributed by atoms with Gasteiger partial charge in [-0.2, -0.15) is 23.4 Å². The molecule has 1 aliphatic rings. The minimum atomic E-state index is -4.53. The molecule has 206 valence electrons. The molecule has 4 heterocycles. The van der Waals surface area contributed by atoms with E-state index in [0.717, 1.165) is 9.87 Å². The minimum Gasteiger partial charge on any atom is -0.306 e. The number of aryl methyl sites for hydroxylation is 1. The van der Waals surface area contributed by atoms with E-state index in [-0.39, 0.29) is 24.6 Å². The van der Waals surface area contributed by atoms with Crippen LogP contribution in [0.4, 0.5) is 19.0 Å². The number of halogens is 3. The zero-order valence-electron chi connectivity index (χ0n) is 21.0. The Hall–Kier alpha value is -3.78. The summed E-state index contributed by atoms with van der Waals surface area (Å²) in [6.45, 7) is 2.14. The molecule has 39 heavy (non-hydrogen) atoms. The summed E-state index contributed by atoms with van der Waals surface area (Å²) in [5.41, 5.74) is 3.10. The van der Waals surface area contributed by atoms with Crippen molar-refractivity contribution in [3.05, 3.63) is 71.8 Å². The minimum absolute atomic E-state index is 0.0952. The molecule has 0 saturated carbocycles. The van der Waals surface area contributed by atoms with Crippen molar-refractivity contribution in [3.63, 3.8) is 0 Å². The predicted octanol–water partition coefficient (Wildman–Crippen LogP) is 3.94. The third-order valence-electron chi connectivity index (χ3n) is 6.68. The molecular weight excluding hydrogens is 535 g/mol. The molecule has 1 amide bonds. The van der Waals surface area contributed by atoms with Gasteiger partial charge in [-0.25, -0.2) is 26.9 Å². The monoisotopic (exact) mass is 561 g/mol. The van der Waals surface area contributed by atoms with Gasteiger partial charge in [0.15, 0.2) is 5.65 Å². The smallest absolute Gasteiger partial charge is 0.306 e. The third kappa shape index (κ3) is 5.96. The second-order valence-corrected chi connectivity index (χ2v) is 11.5. The summed E-state index contributed by atoms with van der Waals surface area (Å²) in [5, 5.41) is 11.8. The van der Waals surface area contributed by atoms with Gasteiger partial charge >= 0.3 is 6.18 Å². The molecule has 3 aromatic heterocycles. The number of rotatable bonds is 7. The van der Waals surface area contributed by atoms with Gasteiger partial charge < -0.3 is 5.32 Å². The largest absolute Gasteiger partial charge is 0.390 e. The number of fused-ring (bicyclic) bond motifs is 1. The Morgan fingerprint density at radius 1 is 1.15 bits per heavy atom. The lowest BCUT2D eigenvalue weighted by molar-refractivity contribution is -0.130. The fraction of sp³-hybridized carbons (Fsp3) is 0.360. The Morgan fingerprint density at radius 2 is 1.87 bits per heavy atom. The standard InChI is InChI=1S/C25H26F3N7O3S/c1-17-3-5-19(6-4-17)35-22(31-24(36)20-16-30-34-11-2-10-29-23(20)34)15-21(32-35)18-7-12-33(13-8-18)39(37,38)14-9-25(26,27)28/h2-6,10-11,15-16,18H,7-9,12-14H2,1H3,(H,31,36). The van der Waals surface area contributed by atoms with Crippen LogP contribution in [0.3, 0.4) is 0 Å². The first kappa shape index (κ1) is 26.8. The van der Waals surface area contributed by atoms with Crippen LogP contribution in [0.2, 0.25) is 0 Å². The highest BCUT2D eigenvalue weighted by atomic mass is 32.2. The maximum Gasteiger partial charge on any atom is 0.390 e. The highest BCUT2D eigenvalue weighted by Crippen LogP contribution is 2.32. The molecule has 1 aliphatic heterocycles. The molecule has 1 aromatic carbocycles. The van der Waals surface area contributed by atoms with Crippen LogP contribution >= 0.6 is 0 Å². The Bertz CT molecular complexity index is 1590. The van der Waals surface area contributed by atoms with E-state index in [4.69, 9.17) is 5.10 Å². The summed E-state index contributed by atoms with van der Waals surface area (Å²) >= 11 is 0. The van der Waals surface area contributed by atoms with Gasteiger partial charge in [0.2, 0.25) is 10.0 Å². The average Bonchev–Trinajstić information content (AvgIpc) is 3.52. The maximum atomic E-state index is 13.2. The molecule has 0 bridgehead atoms. The van der Waals surface area contributed by atoms with E-state index in [2.05, 4.69) is 15.4 Å². The molecule has 0 unspecified atom stereocenters. The first-order valence-corrected chi connectivity index (χ1v) is 13.9. The normalized spacial score (nSPS) is 15.6. The van der Waals surface area contributed by atoms with E-state index in [1.165, 1.54) is 10.7 Å². The molecule has 4 aromatic rings. The zero-order chi connectivity index (χ0) is 27.8. The second-order valence-electron chi connectivity index (χ2n) is 9.46. The van der Waals surface area contributed by atoms with Crippen LogP contribution in [-0.4, -0.2) is 68.0 Å². The van der Waals surface area contributed by atoms with Crippen LogP contribution < -0.4 is 5.32 Å². The van der Waals surface area contributed by atoms with Gasteiger partial charge in [0.1, 0.15) is 11.4 Å². The molecule has 1 saturated heterocycles. The lowest BCUT2D eigenvalue weighted by atomic mass is 9.95. The maximum absolute atomic E-state index is 13.2. The van der Waals surface area contributed by atoms with Gasteiger partial charge in [0, 0.05) is 37.5 Å². The Kier molecular flexibility index (Phi) is 7.16. The summed E-state index contributed by atoms with van der Waals surface area (Å²) in [6, 6.07) is 11.0. The van der Waals surface area contributed by atoms with Crippen LogP contribution in [0.1, 0.15) is 46.8 Å². The number of aromatic nitrogens is 5. The predicted molar refractivity (Wildman–Crippen MR) is 137 cm³/mol. The summed E-state index contributed by atoms with van der Waals surface area (Å²) in [5.74, 6) is -1.11. The number of carbonyl (C=O) groups is 1. The van der Waals surface area contributed by atoms with Gasteiger partial charge in [-0.3, -0.25) is 4.79 Å². The van der Waals surface area contributed by atoms with E-state index >= 15 is 0 Å². The van der Waals surface area contributed by atoms with Gasteiger partial charge in [-0.15, -0.1) is 0 Å². The topological polar surface area (TPSA) is 114 Å². The van der Waals surface area contributed by atoms with Crippen LogP contribution in [0, 0.1) is 6.92 Å². The molecule has 1 fully saturated rings. The van der Waals surface area contributed by atoms with E-state index in [1.807, 2.05) is 31.2 Å². The quantitative estimate of drug-likeness (QED) is 0.366. The number of amides is 1. The third-order valence-corrected chi connectivity index (χ3v) is 8.55. The van der Waals surface area contributed by atoms with Gasteiger partial charge in [0.05, 0.1) is 29.8 Å². The Labute approximate surface area is 222 Å². The van der Waals surface area contributed by atoms with Crippen molar-refractivity contribution >= 4 is 27.4 Å². The number of benzene rings is 1. The molecule has 0 radical (unpaired) electrons. The van der Waals surface area contributed by atoms with Crippen LogP contribution in [-0.2, 0) is 10.0 Å². The number of hydrogen-bond acceptors (Lipinski definition) is 6. The van der Waals surface area contributed by atoms with E-state index < -0.39 is 34.3 Å². The molecular formula is C25H26F3N7O3S. The fourth-order valence-corrected chi connectivity index (χ4v) is 6.06. The highest BCUT2D eigenvalue weighted by Gasteiger charge is 2.35. The second kappa shape index (κ2) is 10.4. The SMILES string of the molecule is Cc1ccc(-n2nc(C3CCN(S(=O)(=O)CCC(F)(F)F)CC3)cc2NC(=O)c2cnn3cccnc23)cc1. The molecule has 5 rings (SSSR count). The van der Waals surface area contributed by atoms with Crippen molar-refractivity contribution < 1.29 is 26.4 Å². The number of hydrogen-bond donors (Lipinski definition) is 1. The fourth-order valence-electron chi connectivity index (χ4n) is 4.55. The van der Waals surface area contributed by atoms with Crippen molar-refractivity contribution in [2.75, 3.05) is 24.2 Å². The Balaban J connectivity index is 1.37. The number of anilines is 1. The van der Waals surface area contributed by atoms with Gasteiger partial charge in [-0.05, 0) is 38.0 Å². The number of nitrogens with one attached hydrogen (secondary N) is 1. The van der Waals surface area contributed by atoms with Crippen molar-refractivity contribution in [1.29, 1.82) is 0 Å². The summed E-state index contributed by atoms with van der Waals surface area (Å²) in [4.78, 5) is 17.4. The van der Waals surface area contributed by atoms with E-state index in [9.17, 15) is 26.4 Å².